The summed E-state index contributed by atoms with van der Waals surface area (Å²) >= 11 is 1.44. The Morgan fingerprint density at radius 3 is 3.11 bits per heavy atom. The van der Waals surface area contributed by atoms with Crippen LogP contribution in [0.25, 0.3) is 10.7 Å². The van der Waals surface area contributed by atoms with Gasteiger partial charge < -0.3 is 4.52 Å². The third-order valence-corrected chi connectivity index (χ3v) is 5.80. The Morgan fingerprint density at radius 1 is 1.47 bits per heavy atom. The van der Waals surface area contributed by atoms with E-state index in [1.54, 1.807) is 11.7 Å². The largest absolute Gasteiger partial charge is 0.339 e. The van der Waals surface area contributed by atoms with E-state index in [2.05, 4.69) is 15.1 Å². The smallest absolute Gasteiger partial charge is 0.227 e. The van der Waals surface area contributed by atoms with Crippen LogP contribution >= 0.6 is 11.3 Å². The highest BCUT2D eigenvalue weighted by atomic mass is 32.2. The maximum Gasteiger partial charge on any atom is 0.227 e. The molecule has 1 fully saturated rings. The lowest BCUT2D eigenvalue weighted by Crippen LogP contribution is -2.26. The summed E-state index contributed by atoms with van der Waals surface area (Å²) in [6.07, 6.45) is 3.84. The fourth-order valence-corrected chi connectivity index (χ4v) is 4.61. The highest BCUT2D eigenvalue weighted by molar-refractivity contribution is 7.91. The van der Waals surface area contributed by atoms with E-state index >= 15 is 0 Å². The van der Waals surface area contributed by atoms with Crippen molar-refractivity contribution in [1.82, 2.24) is 15.1 Å². The van der Waals surface area contributed by atoms with Gasteiger partial charge in [0.2, 0.25) is 11.7 Å². The Balaban J connectivity index is 1.71. The maximum absolute atomic E-state index is 11.6. The highest BCUT2D eigenvalue weighted by Gasteiger charge is 2.26. The monoisotopic (exact) mass is 299 g/mol. The zero-order chi connectivity index (χ0) is 13.3. The quantitative estimate of drug-likeness (QED) is 0.855. The van der Waals surface area contributed by atoms with Crippen LogP contribution in [0.1, 0.15) is 18.7 Å². The summed E-state index contributed by atoms with van der Waals surface area (Å²) in [5.74, 6) is 1.65. The van der Waals surface area contributed by atoms with Crippen LogP contribution in [0, 0.1) is 5.92 Å². The second kappa shape index (κ2) is 5.01. The van der Waals surface area contributed by atoms with E-state index in [1.807, 2.05) is 0 Å². The summed E-state index contributed by atoms with van der Waals surface area (Å²) in [4.78, 5) is 9.11. The lowest BCUT2D eigenvalue weighted by atomic mass is 10.0. The van der Waals surface area contributed by atoms with Gasteiger partial charge in [0.15, 0.2) is 9.84 Å². The highest BCUT2D eigenvalue weighted by Crippen LogP contribution is 2.24. The number of thiazole rings is 1. The van der Waals surface area contributed by atoms with Gasteiger partial charge >= 0.3 is 0 Å². The number of sulfone groups is 1. The molecule has 0 saturated carbocycles. The van der Waals surface area contributed by atoms with Crippen molar-refractivity contribution in [2.45, 2.75) is 19.3 Å². The molecule has 8 heteroatoms. The zero-order valence-electron chi connectivity index (χ0n) is 10.2. The van der Waals surface area contributed by atoms with E-state index in [0.717, 1.165) is 17.7 Å². The normalized spacial score (nSPS) is 22.4. The van der Waals surface area contributed by atoms with Crippen molar-refractivity contribution >= 4 is 21.2 Å². The van der Waals surface area contributed by atoms with Gasteiger partial charge in [-0.15, -0.1) is 11.3 Å². The third kappa shape index (κ3) is 3.01. The molecule has 1 aliphatic heterocycles. The van der Waals surface area contributed by atoms with E-state index in [9.17, 15) is 8.42 Å². The second-order valence-electron chi connectivity index (χ2n) is 4.70. The fraction of sp³-hybridized carbons (Fsp3) is 0.545. The Morgan fingerprint density at radius 2 is 2.37 bits per heavy atom. The summed E-state index contributed by atoms with van der Waals surface area (Å²) in [6.45, 7) is 0. The molecule has 0 amide bonds. The Kier molecular flexibility index (Phi) is 3.36. The molecular formula is C11H13N3O3S2. The van der Waals surface area contributed by atoms with Crippen molar-refractivity contribution < 1.29 is 12.9 Å². The minimum atomic E-state index is -2.89. The Bertz CT molecular complexity index is 649. The molecule has 102 valence electrons. The van der Waals surface area contributed by atoms with Crippen LogP contribution in [0.3, 0.4) is 0 Å². The number of nitrogens with zero attached hydrogens (tertiary/aromatic N) is 3. The summed E-state index contributed by atoms with van der Waals surface area (Å²) in [5.41, 5.74) is 1.71. The number of rotatable bonds is 3. The van der Waals surface area contributed by atoms with Gasteiger partial charge in [-0.25, -0.2) is 8.42 Å². The van der Waals surface area contributed by atoms with Gasteiger partial charge in [0.05, 0.1) is 21.9 Å². The van der Waals surface area contributed by atoms with Crippen molar-refractivity contribution in [2.24, 2.45) is 5.92 Å². The first-order valence-corrected chi connectivity index (χ1v) is 8.74. The van der Waals surface area contributed by atoms with Crippen molar-refractivity contribution in [3.8, 4) is 10.7 Å². The molecule has 0 aliphatic carbocycles. The van der Waals surface area contributed by atoms with E-state index in [-0.39, 0.29) is 11.7 Å². The predicted octanol–water partition coefficient (Wildman–Crippen LogP) is 1.56. The molecule has 2 aromatic rings. The summed E-state index contributed by atoms with van der Waals surface area (Å²) in [5, 5.41) is 3.90. The Hall–Kier alpha value is -1.28. The summed E-state index contributed by atoms with van der Waals surface area (Å²) in [6, 6.07) is 0. The molecule has 0 spiro atoms. The van der Waals surface area contributed by atoms with Crippen LogP contribution in [0.2, 0.25) is 0 Å². The van der Waals surface area contributed by atoms with Crippen molar-refractivity contribution in [3.05, 3.63) is 17.6 Å². The van der Waals surface area contributed by atoms with Gasteiger partial charge in [-0.1, -0.05) is 5.16 Å². The van der Waals surface area contributed by atoms with Crippen molar-refractivity contribution in [3.63, 3.8) is 0 Å². The van der Waals surface area contributed by atoms with Gasteiger partial charge in [-0.05, 0) is 18.8 Å². The van der Waals surface area contributed by atoms with Gasteiger partial charge in [-0.2, -0.15) is 4.98 Å². The van der Waals surface area contributed by atoms with Gasteiger partial charge in [0, 0.05) is 12.6 Å². The number of hydrogen-bond acceptors (Lipinski definition) is 7. The second-order valence-corrected chi connectivity index (χ2v) is 7.82. The fourth-order valence-electron chi connectivity index (χ4n) is 2.29. The predicted molar refractivity (Wildman–Crippen MR) is 70.5 cm³/mol. The lowest BCUT2D eigenvalue weighted by Gasteiger charge is -2.19. The topological polar surface area (TPSA) is 86.0 Å². The van der Waals surface area contributed by atoms with E-state index in [1.165, 1.54) is 11.3 Å². The maximum atomic E-state index is 11.6. The van der Waals surface area contributed by atoms with E-state index in [0.29, 0.717) is 23.9 Å². The molecule has 0 aromatic carbocycles. The average molecular weight is 299 g/mol. The molecule has 3 rings (SSSR count). The molecule has 1 atom stereocenters. The molecule has 1 aliphatic rings. The Labute approximate surface area is 114 Å². The zero-order valence-corrected chi connectivity index (χ0v) is 11.8. The number of hydrogen-bond donors (Lipinski definition) is 0. The van der Waals surface area contributed by atoms with Crippen LogP contribution in [0.5, 0.6) is 0 Å². The van der Waals surface area contributed by atoms with Crippen molar-refractivity contribution in [1.29, 1.82) is 0 Å². The van der Waals surface area contributed by atoms with Crippen LogP contribution in [0.4, 0.5) is 0 Å². The molecule has 1 saturated heterocycles. The molecular weight excluding hydrogens is 286 g/mol. The van der Waals surface area contributed by atoms with E-state index < -0.39 is 9.84 Å². The minimum absolute atomic E-state index is 0.0912. The first-order valence-electron chi connectivity index (χ1n) is 6.04. The van der Waals surface area contributed by atoms with Crippen LogP contribution < -0.4 is 0 Å². The average Bonchev–Trinajstić information content (AvgIpc) is 2.96. The van der Waals surface area contributed by atoms with Crippen LogP contribution in [0.15, 0.2) is 16.2 Å². The van der Waals surface area contributed by atoms with Gasteiger partial charge in [-0.3, -0.25) is 4.98 Å². The lowest BCUT2D eigenvalue weighted by molar-refractivity contribution is 0.350. The molecule has 3 heterocycles. The van der Waals surface area contributed by atoms with E-state index in [4.69, 9.17) is 4.52 Å². The molecule has 0 N–H and O–H groups in total. The summed E-state index contributed by atoms with van der Waals surface area (Å²) in [7, 11) is -2.89. The number of aromatic nitrogens is 3. The third-order valence-electron chi connectivity index (χ3n) is 3.14. The first-order chi connectivity index (χ1) is 9.12. The standard InChI is InChI=1S/C11H13N3O3S2/c15-19(16)3-1-2-8(6-19)4-10-13-11(14-17-10)9-5-12-7-18-9/h5,7-8H,1-4,6H2. The first kappa shape index (κ1) is 12.7. The van der Waals surface area contributed by atoms with Crippen molar-refractivity contribution in [2.75, 3.05) is 11.5 Å². The SMILES string of the molecule is O=S1(=O)CCCC(Cc2nc(-c3cncs3)no2)C1. The minimum Gasteiger partial charge on any atom is -0.339 e. The molecule has 6 nitrogen and oxygen atoms in total. The molecule has 1 unspecified atom stereocenters. The van der Waals surface area contributed by atoms with Gasteiger partial charge in [0.1, 0.15) is 0 Å². The summed E-state index contributed by atoms with van der Waals surface area (Å²) < 4.78 is 28.3. The molecule has 2 aromatic heterocycles. The van der Waals surface area contributed by atoms with Crippen LogP contribution in [-0.2, 0) is 16.3 Å². The molecule has 0 bridgehead atoms. The van der Waals surface area contributed by atoms with Crippen LogP contribution in [-0.4, -0.2) is 35.0 Å². The van der Waals surface area contributed by atoms with Gasteiger partial charge in [0.25, 0.3) is 0 Å². The molecule has 19 heavy (non-hydrogen) atoms. The molecule has 0 radical (unpaired) electrons.